The van der Waals surface area contributed by atoms with E-state index in [1.54, 1.807) is 41.2 Å². The zero-order valence-electron chi connectivity index (χ0n) is 10.6. The van der Waals surface area contributed by atoms with Crippen molar-refractivity contribution in [2.24, 2.45) is 11.4 Å². The Bertz CT molecular complexity index is 711. The molecule has 6 heteroatoms. The van der Waals surface area contributed by atoms with Crippen molar-refractivity contribution in [3.63, 3.8) is 0 Å². The minimum atomic E-state index is -3.69. The van der Waals surface area contributed by atoms with Crippen molar-refractivity contribution >= 4 is 10.0 Å². The normalized spacial score (nSPS) is 11.1. The number of hydrogen-bond donors (Lipinski definition) is 0. The van der Waals surface area contributed by atoms with Crippen LogP contribution in [-0.4, -0.2) is 20.1 Å². The van der Waals surface area contributed by atoms with Crippen LogP contribution in [0.25, 0.3) is 0 Å². The van der Waals surface area contributed by atoms with Crippen molar-refractivity contribution in [2.75, 3.05) is 7.11 Å². The number of methoxy groups -OCH3 is 1. The smallest absolute Gasteiger partial charge is 0.282 e. The van der Waals surface area contributed by atoms with Crippen LogP contribution in [0.2, 0.25) is 0 Å². The predicted molar refractivity (Wildman–Crippen MR) is 71.2 cm³/mol. The van der Waals surface area contributed by atoms with E-state index in [-0.39, 0.29) is 4.90 Å². The van der Waals surface area contributed by atoms with Gasteiger partial charge in [-0.3, -0.25) is 0 Å². The molecule has 0 bridgehead atoms. The van der Waals surface area contributed by atoms with Gasteiger partial charge in [-0.05, 0) is 36.4 Å². The molecule has 0 saturated carbocycles. The fourth-order valence-corrected chi connectivity index (χ4v) is 2.48. The molecule has 0 atom stereocenters. The summed E-state index contributed by atoms with van der Waals surface area (Å²) >= 11 is 0. The number of aromatic nitrogens is 1. The molecular formula is C13H14N2O3S. The molecular weight excluding hydrogens is 264 g/mol. The van der Waals surface area contributed by atoms with E-state index in [1.807, 2.05) is 7.05 Å². The van der Waals surface area contributed by atoms with Crippen LogP contribution in [0.1, 0.15) is 0 Å². The van der Waals surface area contributed by atoms with Gasteiger partial charge in [0.15, 0.2) is 0 Å². The summed E-state index contributed by atoms with van der Waals surface area (Å²) in [4.78, 5) is 0.140. The van der Waals surface area contributed by atoms with Crippen LogP contribution in [0.4, 0.5) is 0 Å². The molecule has 0 saturated heterocycles. The van der Waals surface area contributed by atoms with Gasteiger partial charge in [0.05, 0.1) is 17.4 Å². The van der Waals surface area contributed by atoms with Gasteiger partial charge >= 0.3 is 0 Å². The molecule has 0 unspecified atom stereocenters. The summed E-state index contributed by atoms with van der Waals surface area (Å²) in [5.74, 6) is 0.602. The molecule has 2 aromatic rings. The number of benzene rings is 1. The second-order valence-corrected chi connectivity index (χ2v) is 5.57. The molecule has 0 N–H and O–H groups in total. The lowest BCUT2D eigenvalue weighted by Gasteiger charge is -2.01. The quantitative estimate of drug-likeness (QED) is 0.851. The van der Waals surface area contributed by atoms with E-state index in [0.717, 1.165) is 0 Å². The maximum Gasteiger partial charge on any atom is 0.282 e. The summed E-state index contributed by atoms with van der Waals surface area (Å²) < 4.78 is 34.7. The molecule has 0 aliphatic carbocycles. The topological polar surface area (TPSA) is 60.7 Å². The molecule has 0 fully saturated rings. The third-order valence-corrected chi connectivity index (χ3v) is 3.86. The molecule has 5 nitrogen and oxygen atoms in total. The summed E-state index contributed by atoms with van der Waals surface area (Å²) in [5.41, 5.74) is 0. The molecule has 0 spiro atoms. The van der Waals surface area contributed by atoms with Crippen molar-refractivity contribution in [3.05, 3.63) is 54.1 Å². The first-order valence-corrected chi connectivity index (χ1v) is 7.03. The third-order valence-electron chi connectivity index (χ3n) is 2.54. The average Bonchev–Trinajstić information content (AvgIpc) is 2.41. The van der Waals surface area contributed by atoms with E-state index in [4.69, 9.17) is 4.74 Å². The van der Waals surface area contributed by atoms with Crippen molar-refractivity contribution in [3.8, 4) is 5.75 Å². The Kier molecular flexibility index (Phi) is 3.71. The van der Waals surface area contributed by atoms with Crippen LogP contribution in [0.15, 0.2) is 58.1 Å². The standard InChI is InChI=1S/C13H14N2O3S/c1-15-9-7-11(8-10-15)14-19(16,17)13-5-3-12(18-2)4-6-13/h3-10H,1-2H3. The Morgan fingerprint density at radius 2 is 1.63 bits per heavy atom. The van der Waals surface area contributed by atoms with Crippen LogP contribution in [0.3, 0.4) is 0 Å². The molecule has 1 aromatic heterocycles. The SMILES string of the molecule is COc1ccc(S(=O)(=O)N=c2ccn(C)cc2)cc1. The molecule has 1 heterocycles. The van der Waals surface area contributed by atoms with Crippen LogP contribution in [0, 0.1) is 0 Å². The van der Waals surface area contributed by atoms with E-state index >= 15 is 0 Å². The Labute approximate surface area is 111 Å². The van der Waals surface area contributed by atoms with Crippen molar-refractivity contribution in [1.29, 1.82) is 0 Å². The highest BCUT2D eigenvalue weighted by molar-refractivity contribution is 7.90. The monoisotopic (exact) mass is 278 g/mol. The molecule has 100 valence electrons. The summed E-state index contributed by atoms with van der Waals surface area (Å²) in [5, 5.41) is 0.397. The van der Waals surface area contributed by atoms with Gasteiger partial charge in [0.25, 0.3) is 10.0 Å². The summed E-state index contributed by atoms with van der Waals surface area (Å²) in [6, 6.07) is 9.41. The lowest BCUT2D eigenvalue weighted by molar-refractivity contribution is 0.414. The first-order valence-electron chi connectivity index (χ1n) is 5.59. The van der Waals surface area contributed by atoms with Crippen LogP contribution in [0.5, 0.6) is 5.75 Å². The molecule has 1 aromatic carbocycles. The van der Waals surface area contributed by atoms with Crippen LogP contribution in [-0.2, 0) is 17.1 Å². The number of sulfonamides is 1. The van der Waals surface area contributed by atoms with Gasteiger partial charge in [0, 0.05) is 19.4 Å². The molecule has 2 rings (SSSR count). The Hall–Kier alpha value is -2.08. The third kappa shape index (κ3) is 3.23. The van der Waals surface area contributed by atoms with E-state index in [2.05, 4.69) is 4.40 Å². The van der Waals surface area contributed by atoms with Gasteiger partial charge in [-0.15, -0.1) is 0 Å². The fourth-order valence-electron chi connectivity index (χ4n) is 1.49. The highest BCUT2D eigenvalue weighted by atomic mass is 32.2. The molecule has 0 aliphatic heterocycles. The average molecular weight is 278 g/mol. The lowest BCUT2D eigenvalue weighted by atomic mass is 10.3. The van der Waals surface area contributed by atoms with Crippen molar-refractivity contribution < 1.29 is 13.2 Å². The number of pyridine rings is 1. The largest absolute Gasteiger partial charge is 0.497 e. The summed E-state index contributed by atoms with van der Waals surface area (Å²) in [7, 11) is -0.316. The minimum Gasteiger partial charge on any atom is -0.497 e. The molecule has 0 aliphatic rings. The fraction of sp³-hybridized carbons (Fsp3) is 0.154. The second kappa shape index (κ2) is 5.27. The lowest BCUT2D eigenvalue weighted by Crippen LogP contribution is -2.08. The molecule has 0 radical (unpaired) electrons. The van der Waals surface area contributed by atoms with Gasteiger partial charge < -0.3 is 9.30 Å². The zero-order valence-corrected chi connectivity index (χ0v) is 11.5. The molecule has 19 heavy (non-hydrogen) atoms. The number of hydrogen-bond acceptors (Lipinski definition) is 3. The number of ether oxygens (including phenoxy) is 1. The van der Waals surface area contributed by atoms with Gasteiger partial charge in [-0.1, -0.05) is 0 Å². The number of rotatable bonds is 3. The van der Waals surface area contributed by atoms with Crippen LogP contribution >= 0.6 is 0 Å². The first-order chi connectivity index (χ1) is 9.01. The molecule has 0 amide bonds. The zero-order chi connectivity index (χ0) is 13.9. The maximum absolute atomic E-state index is 12.1. The Balaban J connectivity index is 2.42. The van der Waals surface area contributed by atoms with Gasteiger partial charge in [0.1, 0.15) is 5.75 Å². The Morgan fingerprint density at radius 1 is 1.05 bits per heavy atom. The highest BCUT2D eigenvalue weighted by Crippen LogP contribution is 2.16. The maximum atomic E-state index is 12.1. The number of aryl methyl sites for hydroxylation is 1. The van der Waals surface area contributed by atoms with E-state index in [1.165, 1.54) is 19.2 Å². The van der Waals surface area contributed by atoms with E-state index in [0.29, 0.717) is 11.1 Å². The van der Waals surface area contributed by atoms with Gasteiger partial charge in [-0.2, -0.15) is 12.8 Å². The second-order valence-electron chi connectivity index (χ2n) is 3.96. The van der Waals surface area contributed by atoms with Crippen molar-refractivity contribution in [1.82, 2.24) is 4.57 Å². The minimum absolute atomic E-state index is 0.140. The Morgan fingerprint density at radius 3 is 2.16 bits per heavy atom. The van der Waals surface area contributed by atoms with Crippen molar-refractivity contribution in [2.45, 2.75) is 4.90 Å². The van der Waals surface area contributed by atoms with Gasteiger partial charge in [-0.25, -0.2) is 0 Å². The number of nitrogens with zero attached hydrogens (tertiary/aromatic N) is 2. The predicted octanol–water partition coefficient (Wildman–Crippen LogP) is 1.32. The van der Waals surface area contributed by atoms with Gasteiger partial charge in [0.2, 0.25) is 0 Å². The summed E-state index contributed by atoms with van der Waals surface area (Å²) in [6.45, 7) is 0. The first kappa shape index (κ1) is 13.4. The van der Waals surface area contributed by atoms with Crippen LogP contribution < -0.4 is 10.1 Å². The summed E-state index contributed by atoms with van der Waals surface area (Å²) in [6.07, 6.45) is 3.48. The highest BCUT2D eigenvalue weighted by Gasteiger charge is 2.11. The van der Waals surface area contributed by atoms with E-state index < -0.39 is 10.0 Å². The van der Waals surface area contributed by atoms with E-state index in [9.17, 15) is 8.42 Å².